The summed E-state index contributed by atoms with van der Waals surface area (Å²) in [4.78, 5) is 0.215. The molecule has 0 aliphatic carbocycles. The Kier molecular flexibility index (Phi) is 4.93. The number of aryl methyl sites for hydroxylation is 1. The van der Waals surface area contributed by atoms with Crippen LogP contribution in [-0.4, -0.2) is 20.1 Å². The topological polar surface area (TPSA) is 66.4 Å². The fourth-order valence-corrected chi connectivity index (χ4v) is 3.50. The Bertz CT molecular complexity index is 634. The van der Waals surface area contributed by atoms with E-state index in [4.69, 9.17) is 0 Å². The van der Waals surface area contributed by atoms with Crippen LogP contribution < -0.4 is 4.72 Å². The molecule has 2 N–H and O–H groups in total. The normalized spacial score (nSPS) is 13.3. The van der Waals surface area contributed by atoms with E-state index in [2.05, 4.69) is 4.72 Å². The van der Waals surface area contributed by atoms with Gasteiger partial charge in [0.05, 0.1) is 11.0 Å². The average molecular weight is 311 g/mol. The zero-order valence-corrected chi connectivity index (χ0v) is 12.7. The lowest BCUT2D eigenvalue weighted by molar-refractivity contribution is 0.182. The lowest BCUT2D eigenvalue weighted by atomic mass is 10.2. The first-order chi connectivity index (χ1) is 9.53. The molecular weight excluding hydrogens is 294 g/mol. The second-order valence-corrected chi connectivity index (χ2v) is 6.97. The molecular formula is C14H17NO3S2. The molecule has 0 fully saturated rings. The third-order valence-corrected chi connectivity index (χ3v) is 5.18. The predicted molar refractivity (Wildman–Crippen MR) is 80.3 cm³/mol. The number of hydrogen-bond donors (Lipinski definition) is 2. The average Bonchev–Trinajstić information content (AvgIpc) is 2.99. The molecule has 0 aliphatic heterocycles. The van der Waals surface area contributed by atoms with Gasteiger partial charge in [-0.2, -0.15) is 11.3 Å². The molecule has 0 bridgehead atoms. The highest BCUT2D eigenvalue weighted by atomic mass is 32.2. The molecule has 0 amide bonds. The van der Waals surface area contributed by atoms with E-state index in [9.17, 15) is 13.5 Å². The monoisotopic (exact) mass is 311 g/mol. The zero-order chi connectivity index (χ0) is 14.6. The van der Waals surface area contributed by atoms with E-state index in [1.165, 1.54) is 11.3 Å². The van der Waals surface area contributed by atoms with E-state index in [0.717, 1.165) is 17.5 Å². The maximum absolute atomic E-state index is 12.1. The largest absolute Gasteiger partial charge is 0.387 e. The Balaban J connectivity index is 2.03. The molecule has 1 unspecified atom stereocenters. The molecule has 1 atom stereocenters. The number of thiophene rings is 1. The maximum Gasteiger partial charge on any atom is 0.240 e. The number of sulfonamides is 1. The molecule has 1 heterocycles. The molecule has 6 heteroatoms. The van der Waals surface area contributed by atoms with Crippen LogP contribution >= 0.6 is 11.3 Å². The number of rotatable bonds is 6. The fourth-order valence-electron chi connectivity index (χ4n) is 1.76. The maximum atomic E-state index is 12.1. The second kappa shape index (κ2) is 6.49. The minimum Gasteiger partial charge on any atom is -0.387 e. The van der Waals surface area contributed by atoms with Gasteiger partial charge in [-0.05, 0) is 46.5 Å². The lowest BCUT2D eigenvalue weighted by Crippen LogP contribution is -2.28. The minimum atomic E-state index is -3.58. The van der Waals surface area contributed by atoms with Crippen LogP contribution in [-0.2, 0) is 16.4 Å². The van der Waals surface area contributed by atoms with Gasteiger partial charge in [-0.1, -0.05) is 19.1 Å². The number of hydrogen-bond acceptors (Lipinski definition) is 4. The third kappa shape index (κ3) is 3.67. The first kappa shape index (κ1) is 15.2. The molecule has 0 saturated heterocycles. The summed E-state index contributed by atoms with van der Waals surface area (Å²) in [6, 6.07) is 8.53. The smallest absolute Gasteiger partial charge is 0.240 e. The summed E-state index contributed by atoms with van der Waals surface area (Å²) >= 11 is 1.46. The summed E-state index contributed by atoms with van der Waals surface area (Å²) < 4.78 is 26.6. The zero-order valence-electron chi connectivity index (χ0n) is 11.1. The summed E-state index contributed by atoms with van der Waals surface area (Å²) in [6.45, 7) is 1.98. The molecule has 20 heavy (non-hydrogen) atoms. The second-order valence-electron chi connectivity index (χ2n) is 4.42. The molecule has 2 aromatic rings. The van der Waals surface area contributed by atoms with E-state index < -0.39 is 16.1 Å². The van der Waals surface area contributed by atoms with Crippen LogP contribution in [0.15, 0.2) is 46.0 Å². The van der Waals surface area contributed by atoms with Gasteiger partial charge in [0.25, 0.3) is 0 Å². The van der Waals surface area contributed by atoms with Gasteiger partial charge in [0.1, 0.15) is 0 Å². The molecule has 0 aliphatic rings. The molecule has 4 nitrogen and oxygen atoms in total. The summed E-state index contributed by atoms with van der Waals surface area (Å²) in [5, 5.41) is 13.5. The number of aliphatic hydroxyl groups excluding tert-OH is 1. The van der Waals surface area contributed by atoms with Gasteiger partial charge in [0, 0.05) is 6.54 Å². The highest BCUT2D eigenvalue weighted by molar-refractivity contribution is 7.89. The van der Waals surface area contributed by atoms with Crippen LogP contribution in [0.1, 0.15) is 24.2 Å². The van der Waals surface area contributed by atoms with Crippen molar-refractivity contribution in [1.29, 1.82) is 0 Å². The van der Waals surface area contributed by atoms with Gasteiger partial charge in [-0.25, -0.2) is 13.1 Å². The SMILES string of the molecule is CCc1ccc(S(=O)(=O)NCC(O)c2ccsc2)cc1. The van der Waals surface area contributed by atoms with Crippen LogP contribution in [0.4, 0.5) is 0 Å². The van der Waals surface area contributed by atoms with Crippen LogP contribution in [0, 0.1) is 0 Å². The van der Waals surface area contributed by atoms with Gasteiger partial charge < -0.3 is 5.11 Å². The van der Waals surface area contributed by atoms with Crippen molar-refractivity contribution < 1.29 is 13.5 Å². The van der Waals surface area contributed by atoms with Crippen molar-refractivity contribution in [3.8, 4) is 0 Å². The molecule has 108 valence electrons. The highest BCUT2D eigenvalue weighted by Crippen LogP contribution is 2.16. The van der Waals surface area contributed by atoms with Crippen molar-refractivity contribution in [3.63, 3.8) is 0 Å². The molecule has 2 rings (SSSR count). The molecule has 0 spiro atoms. The van der Waals surface area contributed by atoms with Gasteiger partial charge in [0.2, 0.25) is 10.0 Å². The minimum absolute atomic E-state index is 0.0331. The van der Waals surface area contributed by atoms with E-state index in [1.54, 1.807) is 35.7 Å². The van der Waals surface area contributed by atoms with Crippen molar-refractivity contribution in [2.75, 3.05) is 6.54 Å². The highest BCUT2D eigenvalue weighted by Gasteiger charge is 2.16. The molecule has 0 saturated carbocycles. The Morgan fingerprint density at radius 2 is 1.95 bits per heavy atom. The summed E-state index contributed by atoms with van der Waals surface area (Å²) in [5.41, 5.74) is 1.81. The summed E-state index contributed by atoms with van der Waals surface area (Å²) in [6.07, 6.45) is 0.0379. The van der Waals surface area contributed by atoms with Crippen LogP contribution in [0.3, 0.4) is 0 Å². The van der Waals surface area contributed by atoms with Gasteiger partial charge in [-0.15, -0.1) is 0 Å². The Labute approximate surface area is 123 Å². The van der Waals surface area contributed by atoms with Crippen LogP contribution in [0.5, 0.6) is 0 Å². The van der Waals surface area contributed by atoms with E-state index in [0.29, 0.717) is 0 Å². The van der Waals surface area contributed by atoms with Crippen molar-refractivity contribution >= 4 is 21.4 Å². The molecule has 1 aromatic carbocycles. The molecule has 1 aromatic heterocycles. The fraction of sp³-hybridized carbons (Fsp3) is 0.286. The molecule has 0 radical (unpaired) electrons. The number of benzene rings is 1. The quantitative estimate of drug-likeness (QED) is 0.860. The predicted octanol–water partition coefficient (Wildman–Crippen LogP) is 2.32. The Hall–Kier alpha value is -1.21. The van der Waals surface area contributed by atoms with Gasteiger partial charge in [0.15, 0.2) is 0 Å². The Morgan fingerprint density at radius 1 is 1.25 bits per heavy atom. The summed E-state index contributed by atoms with van der Waals surface area (Å²) in [5.74, 6) is 0. The van der Waals surface area contributed by atoms with Crippen LogP contribution in [0.25, 0.3) is 0 Å². The van der Waals surface area contributed by atoms with Crippen molar-refractivity contribution in [3.05, 3.63) is 52.2 Å². The van der Waals surface area contributed by atoms with Crippen LogP contribution in [0.2, 0.25) is 0 Å². The van der Waals surface area contributed by atoms with E-state index in [-0.39, 0.29) is 11.4 Å². The standard InChI is InChI=1S/C14H17NO3S2/c1-2-11-3-5-13(6-4-11)20(17,18)15-9-14(16)12-7-8-19-10-12/h3-8,10,14-16H,2,9H2,1H3. The first-order valence-electron chi connectivity index (χ1n) is 6.31. The van der Waals surface area contributed by atoms with E-state index >= 15 is 0 Å². The first-order valence-corrected chi connectivity index (χ1v) is 8.74. The van der Waals surface area contributed by atoms with Crippen molar-refractivity contribution in [1.82, 2.24) is 4.72 Å². The van der Waals surface area contributed by atoms with Gasteiger partial charge >= 0.3 is 0 Å². The third-order valence-electron chi connectivity index (χ3n) is 3.04. The van der Waals surface area contributed by atoms with Crippen molar-refractivity contribution in [2.45, 2.75) is 24.3 Å². The lowest BCUT2D eigenvalue weighted by Gasteiger charge is -2.11. The Morgan fingerprint density at radius 3 is 2.50 bits per heavy atom. The summed E-state index contributed by atoms with van der Waals surface area (Å²) in [7, 11) is -3.58. The van der Waals surface area contributed by atoms with E-state index in [1.807, 2.05) is 12.3 Å². The van der Waals surface area contributed by atoms with Crippen molar-refractivity contribution in [2.24, 2.45) is 0 Å². The number of nitrogens with one attached hydrogen (secondary N) is 1. The number of aliphatic hydroxyl groups is 1. The van der Waals surface area contributed by atoms with Gasteiger partial charge in [-0.3, -0.25) is 0 Å².